The second kappa shape index (κ2) is 3.54. The van der Waals surface area contributed by atoms with Gasteiger partial charge in [0.2, 0.25) is 0 Å². The lowest BCUT2D eigenvalue weighted by Gasteiger charge is -2.37. The van der Waals surface area contributed by atoms with E-state index in [1.165, 1.54) is 0 Å². The van der Waals surface area contributed by atoms with Gasteiger partial charge in [-0.25, -0.2) is 4.39 Å². The molecule has 1 heterocycles. The van der Waals surface area contributed by atoms with Gasteiger partial charge >= 0.3 is 0 Å². The summed E-state index contributed by atoms with van der Waals surface area (Å²) in [5, 5.41) is 3.27. The van der Waals surface area contributed by atoms with Crippen molar-refractivity contribution in [1.29, 1.82) is 0 Å². The van der Waals surface area contributed by atoms with Crippen LogP contribution in [0.5, 0.6) is 0 Å². The summed E-state index contributed by atoms with van der Waals surface area (Å²) in [6.45, 7) is 0.988. The number of alkyl halides is 1. The minimum Gasteiger partial charge on any atom is -0.328 e. The molecule has 0 aromatic rings. The second-order valence-corrected chi connectivity index (χ2v) is 4.52. The summed E-state index contributed by atoms with van der Waals surface area (Å²) >= 11 is 0. The van der Waals surface area contributed by atoms with Gasteiger partial charge in [-0.1, -0.05) is 0 Å². The minimum absolute atomic E-state index is 0.111. The van der Waals surface area contributed by atoms with Crippen LogP contribution < -0.4 is 11.1 Å². The standard InChI is InChI=1S/C10H19FN2/c11-10(9-2-1-7-13-9)5-3-8(12)4-6-10/h8-9,13H,1-7,12H2. The van der Waals surface area contributed by atoms with Crippen molar-refractivity contribution in [3.63, 3.8) is 0 Å². The van der Waals surface area contributed by atoms with Gasteiger partial charge in [0.15, 0.2) is 0 Å². The highest BCUT2D eigenvalue weighted by atomic mass is 19.1. The van der Waals surface area contributed by atoms with Gasteiger partial charge in [0, 0.05) is 12.1 Å². The lowest BCUT2D eigenvalue weighted by molar-refractivity contribution is 0.0615. The molecule has 1 saturated carbocycles. The minimum atomic E-state index is -0.952. The van der Waals surface area contributed by atoms with Crippen LogP contribution in [0.25, 0.3) is 0 Å². The van der Waals surface area contributed by atoms with E-state index in [-0.39, 0.29) is 12.1 Å². The molecule has 76 valence electrons. The van der Waals surface area contributed by atoms with Gasteiger partial charge in [-0.3, -0.25) is 0 Å². The van der Waals surface area contributed by atoms with Crippen LogP contribution in [0.3, 0.4) is 0 Å². The van der Waals surface area contributed by atoms with Crippen molar-refractivity contribution >= 4 is 0 Å². The molecule has 0 aromatic heterocycles. The molecule has 0 radical (unpaired) electrons. The molecule has 1 aliphatic carbocycles. The number of rotatable bonds is 1. The molecular formula is C10H19FN2. The first-order valence-electron chi connectivity index (χ1n) is 5.39. The first kappa shape index (κ1) is 9.41. The fraction of sp³-hybridized carbons (Fsp3) is 1.00. The summed E-state index contributed by atoms with van der Waals surface area (Å²) in [6, 6.07) is 0.352. The van der Waals surface area contributed by atoms with Crippen molar-refractivity contribution in [2.75, 3.05) is 6.54 Å². The molecule has 1 atom stereocenters. The number of hydrogen-bond acceptors (Lipinski definition) is 2. The van der Waals surface area contributed by atoms with Crippen LogP contribution in [0.15, 0.2) is 0 Å². The number of hydrogen-bond donors (Lipinski definition) is 2. The van der Waals surface area contributed by atoms with Crippen LogP contribution in [0.2, 0.25) is 0 Å². The molecule has 2 nitrogen and oxygen atoms in total. The molecular weight excluding hydrogens is 167 g/mol. The molecule has 2 fully saturated rings. The summed E-state index contributed by atoms with van der Waals surface area (Å²) in [6.07, 6.45) is 5.16. The van der Waals surface area contributed by atoms with E-state index in [2.05, 4.69) is 5.32 Å². The van der Waals surface area contributed by atoms with E-state index in [1.807, 2.05) is 0 Å². The Labute approximate surface area is 79.1 Å². The van der Waals surface area contributed by atoms with Crippen LogP contribution >= 0.6 is 0 Å². The summed E-state index contributed by atoms with van der Waals surface area (Å²) in [5.41, 5.74) is 4.82. The summed E-state index contributed by atoms with van der Waals surface area (Å²) in [4.78, 5) is 0. The van der Waals surface area contributed by atoms with Gasteiger partial charge in [0.05, 0.1) is 0 Å². The average molecular weight is 186 g/mol. The third-order valence-corrected chi connectivity index (χ3v) is 3.55. The van der Waals surface area contributed by atoms with Gasteiger partial charge in [0.25, 0.3) is 0 Å². The fourth-order valence-electron chi connectivity index (χ4n) is 2.59. The molecule has 0 aromatic carbocycles. The smallest absolute Gasteiger partial charge is 0.126 e. The molecule has 1 unspecified atom stereocenters. The van der Waals surface area contributed by atoms with E-state index >= 15 is 0 Å². The number of nitrogens with two attached hydrogens (primary N) is 1. The largest absolute Gasteiger partial charge is 0.328 e. The molecule has 0 bridgehead atoms. The monoisotopic (exact) mass is 186 g/mol. The Hall–Kier alpha value is -0.150. The van der Waals surface area contributed by atoms with E-state index in [0.717, 1.165) is 32.2 Å². The first-order valence-corrected chi connectivity index (χ1v) is 5.39. The maximum absolute atomic E-state index is 14.3. The highest BCUT2D eigenvalue weighted by Crippen LogP contribution is 2.37. The summed E-state index contributed by atoms with van der Waals surface area (Å²) in [5.74, 6) is 0. The Bertz CT molecular complexity index is 170. The van der Waals surface area contributed by atoms with Crippen molar-refractivity contribution < 1.29 is 4.39 Å². The SMILES string of the molecule is NC1CCC(F)(C2CCCN2)CC1. The molecule has 13 heavy (non-hydrogen) atoms. The van der Waals surface area contributed by atoms with Gasteiger partial charge < -0.3 is 11.1 Å². The average Bonchev–Trinajstić information content (AvgIpc) is 2.63. The fourth-order valence-corrected chi connectivity index (χ4v) is 2.59. The number of halogens is 1. The van der Waals surface area contributed by atoms with Gasteiger partial charge in [0.1, 0.15) is 5.67 Å². The van der Waals surface area contributed by atoms with Crippen LogP contribution in [0.1, 0.15) is 38.5 Å². The van der Waals surface area contributed by atoms with Crippen LogP contribution in [-0.4, -0.2) is 24.3 Å². The Morgan fingerprint density at radius 3 is 2.46 bits per heavy atom. The highest BCUT2D eigenvalue weighted by molar-refractivity contribution is 4.98. The molecule has 1 aliphatic heterocycles. The van der Waals surface area contributed by atoms with Crippen LogP contribution in [0, 0.1) is 0 Å². The molecule has 3 N–H and O–H groups in total. The molecule has 3 heteroatoms. The predicted octanol–water partition coefficient (Wildman–Crippen LogP) is 1.35. The Morgan fingerprint density at radius 2 is 1.92 bits per heavy atom. The summed E-state index contributed by atoms with van der Waals surface area (Å²) < 4.78 is 14.3. The summed E-state index contributed by atoms with van der Waals surface area (Å²) in [7, 11) is 0. The highest BCUT2D eigenvalue weighted by Gasteiger charge is 2.42. The van der Waals surface area contributed by atoms with Crippen molar-refractivity contribution in [2.24, 2.45) is 5.73 Å². The van der Waals surface area contributed by atoms with Crippen molar-refractivity contribution in [2.45, 2.75) is 56.3 Å². The maximum atomic E-state index is 14.3. The van der Waals surface area contributed by atoms with E-state index in [4.69, 9.17) is 5.73 Å². The molecule has 0 amide bonds. The van der Waals surface area contributed by atoms with E-state index in [0.29, 0.717) is 12.8 Å². The quantitative estimate of drug-likeness (QED) is 0.648. The Morgan fingerprint density at radius 1 is 1.23 bits per heavy atom. The molecule has 1 saturated heterocycles. The van der Waals surface area contributed by atoms with Crippen LogP contribution in [0.4, 0.5) is 4.39 Å². The third kappa shape index (κ3) is 1.86. The van der Waals surface area contributed by atoms with Gasteiger partial charge in [-0.2, -0.15) is 0 Å². The van der Waals surface area contributed by atoms with Crippen LogP contribution in [-0.2, 0) is 0 Å². The lowest BCUT2D eigenvalue weighted by Crippen LogP contribution is -2.48. The molecule has 0 spiro atoms. The van der Waals surface area contributed by atoms with Crippen molar-refractivity contribution in [1.82, 2.24) is 5.32 Å². The Balaban J connectivity index is 1.95. The Kier molecular flexibility index (Phi) is 2.56. The topological polar surface area (TPSA) is 38.0 Å². The first-order chi connectivity index (χ1) is 6.21. The molecule has 2 aliphatic rings. The predicted molar refractivity (Wildman–Crippen MR) is 51.3 cm³/mol. The van der Waals surface area contributed by atoms with Crippen molar-refractivity contribution in [3.05, 3.63) is 0 Å². The second-order valence-electron chi connectivity index (χ2n) is 4.52. The third-order valence-electron chi connectivity index (χ3n) is 3.55. The zero-order chi connectivity index (χ0) is 9.31. The molecule has 2 rings (SSSR count). The normalized spacial score (nSPS) is 46.6. The van der Waals surface area contributed by atoms with E-state index in [1.54, 1.807) is 0 Å². The van der Waals surface area contributed by atoms with E-state index < -0.39 is 5.67 Å². The van der Waals surface area contributed by atoms with E-state index in [9.17, 15) is 4.39 Å². The maximum Gasteiger partial charge on any atom is 0.126 e. The van der Waals surface area contributed by atoms with Gasteiger partial charge in [-0.05, 0) is 45.1 Å². The number of nitrogens with one attached hydrogen (secondary N) is 1. The zero-order valence-corrected chi connectivity index (χ0v) is 8.06. The lowest BCUT2D eigenvalue weighted by atomic mass is 9.78. The van der Waals surface area contributed by atoms with Gasteiger partial charge in [-0.15, -0.1) is 0 Å². The zero-order valence-electron chi connectivity index (χ0n) is 8.06. The van der Waals surface area contributed by atoms with Crippen molar-refractivity contribution in [3.8, 4) is 0 Å².